The predicted molar refractivity (Wildman–Crippen MR) is 49.9 cm³/mol. The van der Waals surface area contributed by atoms with E-state index >= 15 is 0 Å². The van der Waals surface area contributed by atoms with Crippen LogP contribution < -0.4 is 0 Å². The van der Waals surface area contributed by atoms with Crippen molar-refractivity contribution in [3.8, 4) is 0 Å². The Morgan fingerprint density at radius 1 is 1.50 bits per heavy atom. The van der Waals surface area contributed by atoms with Gasteiger partial charge >= 0.3 is 0 Å². The topological polar surface area (TPSA) is 57.5 Å². The normalized spacial score (nSPS) is 16.2. The van der Waals surface area contributed by atoms with Gasteiger partial charge in [-0.1, -0.05) is 6.92 Å². The molecule has 0 aromatic rings. The van der Waals surface area contributed by atoms with Crippen molar-refractivity contribution in [1.29, 1.82) is 0 Å². The van der Waals surface area contributed by atoms with Gasteiger partial charge in [0, 0.05) is 5.75 Å². The van der Waals surface area contributed by atoms with Crippen LogP contribution in [0.25, 0.3) is 0 Å². The van der Waals surface area contributed by atoms with Gasteiger partial charge in [-0.3, -0.25) is 9.11 Å². The Bertz CT molecular complexity index is 149. The summed E-state index contributed by atoms with van der Waals surface area (Å²) in [4.78, 5) is 0. The van der Waals surface area contributed by atoms with Crippen LogP contribution in [-0.2, 0) is 8.66 Å². The van der Waals surface area contributed by atoms with Crippen molar-refractivity contribution in [2.75, 3.05) is 17.1 Å². The second kappa shape index (κ2) is 3.44. The molecule has 0 aromatic heterocycles. The lowest BCUT2D eigenvalue weighted by atomic mass is 11.0. The van der Waals surface area contributed by atoms with Gasteiger partial charge in [0.15, 0.2) is 0 Å². The summed E-state index contributed by atoms with van der Waals surface area (Å²) in [6.45, 7) is 1.73. The molecule has 0 rings (SSSR count). The molecule has 0 aliphatic heterocycles. The van der Waals surface area contributed by atoms with Crippen molar-refractivity contribution in [2.45, 2.75) is 6.92 Å². The molecular weight excluding hydrogens is 192 g/mol. The summed E-state index contributed by atoms with van der Waals surface area (Å²) in [5, 5.41) is -0.115. The third-order valence-corrected chi connectivity index (χ3v) is 6.93. The molecule has 0 heterocycles. The summed E-state index contributed by atoms with van der Waals surface area (Å²) in [6, 6.07) is 0. The van der Waals surface area contributed by atoms with E-state index in [1.54, 1.807) is 13.2 Å². The molecule has 0 aromatic carbocycles. The van der Waals surface area contributed by atoms with Crippen molar-refractivity contribution >= 4 is 31.2 Å². The second-order valence-corrected chi connectivity index (χ2v) is 8.69. The van der Waals surface area contributed by atoms with Gasteiger partial charge in [0.05, 0.1) is 0 Å². The largest absolute Gasteiger partial charge is 0.300 e. The van der Waals surface area contributed by atoms with Crippen LogP contribution in [0.1, 0.15) is 6.92 Å². The Morgan fingerprint density at radius 3 is 2.30 bits per heavy atom. The second-order valence-electron chi connectivity index (χ2n) is 1.75. The van der Waals surface area contributed by atoms with E-state index in [1.165, 1.54) is 0 Å². The fourth-order valence-corrected chi connectivity index (χ4v) is 5.73. The Hall–Kier alpha value is 0.770. The third-order valence-electron chi connectivity index (χ3n) is 0.674. The smallest absolute Gasteiger partial charge is 0.139 e. The van der Waals surface area contributed by atoms with E-state index in [9.17, 15) is 4.21 Å². The summed E-state index contributed by atoms with van der Waals surface area (Å²) in [5.41, 5.74) is 0. The fraction of sp³-hybridized carbons (Fsp3) is 1.00. The van der Waals surface area contributed by atoms with Gasteiger partial charge in [-0.25, -0.2) is 4.21 Å². The van der Waals surface area contributed by atoms with Crippen molar-refractivity contribution in [3.05, 3.63) is 0 Å². The van der Waals surface area contributed by atoms with E-state index < -0.39 is 8.66 Å². The first-order valence-corrected chi connectivity index (χ1v) is 7.63. The Kier molecular flexibility index (Phi) is 3.71. The van der Waals surface area contributed by atoms with Crippen LogP contribution >= 0.6 is 22.6 Å². The number of hydrogen-bond donors (Lipinski definition) is 2. The number of hydrogen-bond acceptors (Lipinski definition) is 3. The van der Waals surface area contributed by atoms with Crippen molar-refractivity contribution in [2.24, 2.45) is 0 Å². The van der Waals surface area contributed by atoms with Crippen molar-refractivity contribution < 1.29 is 13.3 Å². The summed E-state index contributed by atoms with van der Waals surface area (Å²) in [5.74, 6) is 0.443. The molecule has 10 heavy (non-hydrogen) atoms. The molecule has 0 amide bonds. The lowest BCUT2D eigenvalue weighted by Crippen LogP contribution is -2.28. The molecule has 0 saturated heterocycles. The molecule has 0 bridgehead atoms. The summed E-state index contributed by atoms with van der Waals surface area (Å²) < 4.78 is 29.1. The van der Waals surface area contributed by atoms with E-state index in [-0.39, 0.29) is 5.08 Å². The predicted octanol–water partition coefficient (Wildman–Crippen LogP) is 1.74. The van der Waals surface area contributed by atoms with Gasteiger partial charge in [0.2, 0.25) is 0 Å². The minimum Gasteiger partial charge on any atom is -0.300 e. The Balaban J connectivity index is 4.13. The molecular formula is C4H12O3S3. The number of thioether (sulfide) groups is 1. The standard InChI is InChI=1S/C4H12O3S3/c1-3-9-10(5,6,7)4-8-2/h3-4H2,1-2H3,(H2,5,6,7). The Labute approximate surface area is 68.8 Å². The Morgan fingerprint density at radius 2 is 2.00 bits per heavy atom. The maximum absolute atomic E-state index is 11.0. The maximum Gasteiger partial charge on any atom is 0.139 e. The SMILES string of the molecule is CCSS(=O)(O)(O)CSC. The van der Waals surface area contributed by atoms with Gasteiger partial charge in [-0.05, 0) is 17.0 Å². The molecule has 3 nitrogen and oxygen atoms in total. The molecule has 0 atom stereocenters. The maximum atomic E-state index is 11.0. The molecule has 0 unspecified atom stereocenters. The summed E-state index contributed by atoms with van der Waals surface area (Å²) in [6.07, 6.45) is 1.68. The first-order valence-electron chi connectivity index (χ1n) is 2.68. The van der Waals surface area contributed by atoms with E-state index in [4.69, 9.17) is 9.11 Å². The molecule has 0 radical (unpaired) electrons. The van der Waals surface area contributed by atoms with Crippen LogP contribution in [0.3, 0.4) is 0 Å². The van der Waals surface area contributed by atoms with Crippen molar-refractivity contribution in [3.63, 3.8) is 0 Å². The zero-order chi connectivity index (χ0) is 8.28. The number of rotatable bonds is 4. The molecule has 0 spiro atoms. The highest BCUT2D eigenvalue weighted by Crippen LogP contribution is 2.34. The average molecular weight is 204 g/mol. The highest BCUT2D eigenvalue weighted by molar-refractivity contribution is 8.82. The van der Waals surface area contributed by atoms with Gasteiger partial charge in [0.1, 0.15) is 13.7 Å². The summed E-state index contributed by atoms with van der Waals surface area (Å²) >= 11 is 1.16. The third kappa shape index (κ3) is 4.56. The summed E-state index contributed by atoms with van der Waals surface area (Å²) in [7, 11) is -3.60. The highest BCUT2D eigenvalue weighted by atomic mass is 33.2. The minimum atomic E-state index is -4.30. The molecule has 2 N–H and O–H groups in total. The van der Waals surface area contributed by atoms with Crippen LogP contribution in [0.15, 0.2) is 0 Å². The minimum absolute atomic E-state index is 0.115. The van der Waals surface area contributed by atoms with Gasteiger partial charge in [-0.15, -0.1) is 11.8 Å². The first-order chi connectivity index (χ1) is 4.39. The average Bonchev–Trinajstić information content (AvgIpc) is 1.61. The lowest BCUT2D eigenvalue weighted by Gasteiger charge is -2.27. The zero-order valence-corrected chi connectivity index (χ0v) is 8.39. The van der Waals surface area contributed by atoms with Gasteiger partial charge < -0.3 is 0 Å². The van der Waals surface area contributed by atoms with E-state index in [1.807, 2.05) is 0 Å². The molecule has 0 saturated carbocycles. The fourth-order valence-electron chi connectivity index (χ4n) is 0.473. The molecule has 0 aliphatic rings. The molecule has 0 fully saturated rings. The zero-order valence-electron chi connectivity index (χ0n) is 5.94. The lowest BCUT2D eigenvalue weighted by molar-refractivity contribution is 0.421. The first kappa shape index (κ1) is 10.8. The van der Waals surface area contributed by atoms with E-state index in [0.29, 0.717) is 16.5 Å². The van der Waals surface area contributed by atoms with Crippen LogP contribution in [0, 0.1) is 0 Å². The quantitative estimate of drug-likeness (QED) is 0.683. The van der Waals surface area contributed by atoms with Gasteiger partial charge in [-0.2, -0.15) is 0 Å². The molecule has 6 heteroatoms. The highest BCUT2D eigenvalue weighted by Gasteiger charge is 2.28. The van der Waals surface area contributed by atoms with Gasteiger partial charge in [0.25, 0.3) is 0 Å². The van der Waals surface area contributed by atoms with E-state index in [2.05, 4.69) is 0 Å². The van der Waals surface area contributed by atoms with E-state index in [0.717, 1.165) is 11.8 Å². The van der Waals surface area contributed by atoms with Crippen LogP contribution in [0.2, 0.25) is 0 Å². The monoisotopic (exact) mass is 204 g/mol. The van der Waals surface area contributed by atoms with Crippen LogP contribution in [-0.4, -0.2) is 30.4 Å². The van der Waals surface area contributed by atoms with Crippen molar-refractivity contribution in [1.82, 2.24) is 0 Å². The van der Waals surface area contributed by atoms with Crippen LogP contribution in [0.5, 0.6) is 0 Å². The molecule has 64 valence electrons. The molecule has 0 aliphatic carbocycles. The van der Waals surface area contributed by atoms with Crippen LogP contribution in [0.4, 0.5) is 0 Å².